The Bertz CT molecular complexity index is 1480. The van der Waals surface area contributed by atoms with E-state index in [4.69, 9.17) is 10.9 Å². The number of hydrogen-bond acceptors (Lipinski definition) is 5. The maximum Gasteiger partial charge on any atom is 0.416 e. The minimum absolute atomic E-state index is 0.0997. The summed E-state index contributed by atoms with van der Waals surface area (Å²) in [5.41, 5.74) is 3.48. The van der Waals surface area contributed by atoms with E-state index in [1.165, 1.54) is 36.1 Å². The van der Waals surface area contributed by atoms with E-state index < -0.39 is 35.4 Å². The van der Waals surface area contributed by atoms with Gasteiger partial charge < -0.3 is 16.3 Å². The fourth-order valence-electron chi connectivity index (χ4n) is 4.00. The molecule has 1 fully saturated rings. The molecule has 4 rings (SSSR count). The van der Waals surface area contributed by atoms with Crippen molar-refractivity contribution in [3.8, 4) is 5.69 Å². The third-order valence-corrected chi connectivity index (χ3v) is 5.93. The molecule has 0 aliphatic carbocycles. The smallest absolute Gasteiger partial charge is 0.409 e. The van der Waals surface area contributed by atoms with Crippen LogP contribution in [0.4, 0.5) is 23.7 Å². The first kappa shape index (κ1) is 24.6. The number of amidine groups is 1. The van der Waals surface area contributed by atoms with Crippen molar-refractivity contribution in [2.45, 2.75) is 19.6 Å². The number of aromatic nitrogens is 2. The third kappa shape index (κ3) is 4.42. The lowest BCUT2D eigenvalue weighted by molar-refractivity contribution is -0.138. The summed E-state index contributed by atoms with van der Waals surface area (Å²) in [5.74, 6) is -0.575. The number of benzene rings is 2. The molecule has 10 nitrogen and oxygen atoms in total. The van der Waals surface area contributed by atoms with Crippen LogP contribution in [0.2, 0.25) is 0 Å². The summed E-state index contributed by atoms with van der Waals surface area (Å²) in [4.78, 5) is 39.8. The maximum atomic E-state index is 13.4. The number of hydrogen-bond donors (Lipinski definition) is 3. The highest BCUT2D eigenvalue weighted by Gasteiger charge is 2.33. The molecule has 4 N–H and O–H groups in total. The summed E-state index contributed by atoms with van der Waals surface area (Å²) < 4.78 is 41.9. The molecule has 1 aromatic heterocycles. The number of nitrogens with one attached hydrogen (secondary N) is 1. The molecule has 2 heterocycles. The Hall–Kier alpha value is -4.55. The Morgan fingerprint density at radius 2 is 1.78 bits per heavy atom. The molecule has 2 amide bonds. The second-order valence-electron chi connectivity index (χ2n) is 8.06. The molecule has 1 aliphatic heterocycles. The Morgan fingerprint density at radius 1 is 1.11 bits per heavy atom. The molecule has 0 spiro atoms. The van der Waals surface area contributed by atoms with Crippen molar-refractivity contribution in [2.24, 2.45) is 10.9 Å². The van der Waals surface area contributed by atoms with Crippen LogP contribution < -0.4 is 27.2 Å². The Morgan fingerprint density at radius 3 is 2.36 bits per heavy atom. The SMILES string of the molecule is Cc1c(Cn2c(=O)c(/C(N)=N\O)cn(-c3ccc(N4CCNC4=O)cc3)c2=O)cccc1C(F)(F)F. The van der Waals surface area contributed by atoms with Crippen molar-refractivity contribution in [1.82, 2.24) is 14.5 Å². The summed E-state index contributed by atoms with van der Waals surface area (Å²) in [7, 11) is 0. The van der Waals surface area contributed by atoms with Crippen molar-refractivity contribution in [2.75, 3.05) is 18.0 Å². The number of oxime groups is 1. The molecule has 36 heavy (non-hydrogen) atoms. The maximum absolute atomic E-state index is 13.4. The van der Waals surface area contributed by atoms with Gasteiger partial charge in [-0.2, -0.15) is 13.2 Å². The van der Waals surface area contributed by atoms with E-state index in [9.17, 15) is 27.6 Å². The monoisotopic (exact) mass is 502 g/mol. The van der Waals surface area contributed by atoms with Crippen LogP contribution >= 0.6 is 0 Å². The van der Waals surface area contributed by atoms with E-state index >= 15 is 0 Å². The molecular weight excluding hydrogens is 481 g/mol. The Kier molecular flexibility index (Phi) is 6.31. The number of alkyl halides is 3. The molecule has 13 heteroatoms. The largest absolute Gasteiger partial charge is 0.416 e. The van der Waals surface area contributed by atoms with Gasteiger partial charge in [-0.15, -0.1) is 0 Å². The van der Waals surface area contributed by atoms with Gasteiger partial charge in [0.05, 0.1) is 17.8 Å². The average Bonchev–Trinajstić information content (AvgIpc) is 3.27. The number of carbonyl (C=O) groups excluding carboxylic acids is 1. The van der Waals surface area contributed by atoms with Gasteiger partial charge in [-0.05, 0) is 48.4 Å². The van der Waals surface area contributed by atoms with Crippen molar-refractivity contribution in [1.29, 1.82) is 0 Å². The predicted octanol–water partition coefficient (Wildman–Crippen LogP) is 2.00. The minimum Gasteiger partial charge on any atom is -0.409 e. The first-order valence-electron chi connectivity index (χ1n) is 10.7. The second kappa shape index (κ2) is 9.24. The second-order valence-corrected chi connectivity index (χ2v) is 8.06. The number of halogens is 3. The van der Waals surface area contributed by atoms with E-state index in [1.807, 2.05) is 0 Å². The predicted molar refractivity (Wildman–Crippen MR) is 125 cm³/mol. The van der Waals surface area contributed by atoms with Crippen LogP contribution in [-0.4, -0.2) is 39.3 Å². The van der Waals surface area contributed by atoms with Gasteiger partial charge >= 0.3 is 17.9 Å². The standard InChI is InChI=1S/C23H21F3N6O4/c1-13-14(3-2-4-18(13)23(24,25)26)11-32-20(33)17(19(27)29-36)12-31(22(32)35)16-7-5-15(6-8-16)30-10-9-28-21(30)34/h2-8,12,36H,9-11H2,1H3,(H2,27,29)(H,28,34). The molecule has 0 unspecified atom stereocenters. The molecular formula is C23H21F3N6O4. The van der Waals surface area contributed by atoms with Gasteiger partial charge in [-0.1, -0.05) is 17.3 Å². The first-order valence-corrected chi connectivity index (χ1v) is 10.7. The van der Waals surface area contributed by atoms with E-state index in [1.54, 1.807) is 12.1 Å². The number of rotatable bonds is 5. The Balaban J connectivity index is 1.84. The van der Waals surface area contributed by atoms with Crippen LogP contribution in [-0.2, 0) is 12.7 Å². The molecule has 0 radical (unpaired) electrons. The van der Waals surface area contributed by atoms with E-state index in [0.717, 1.165) is 21.4 Å². The lowest BCUT2D eigenvalue weighted by Gasteiger charge is -2.17. The van der Waals surface area contributed by atoms with Crippen LogP contribution in [0.3, 0.4) is 0 Å². The highest BCUT2D eigenvalue weighted by atomic mass is 19.4. The van der Waals surface area contributed by atoms with Gasteiger partial charge in [-0.3, -0.25) is 18.8 Å². The van der Waals surface area contributed by atoms with E-state index in [0.29, 0.717) is 18.8 Å². The van der Waals surface area contributed by atoms with Gasteiger partial charge in [0.1, 0.15) is 5.56 Å². The zero-order valence-electron chi connectivity index (χ0n) is 18.9. The number of amides is 2. The Labute approximate surface area is 201 Å². The van der Waals surface area contributed by atoms with Crippen LogP contribution in [0.1, 0.15) is 22.3 Å². The number of anilines is 1. The third-order valence-electron chi connectivity index (χ3n) is 5.93. The van der Waals surface area contributed by atoms with Crippen molar-refractivity contribution >= 4 is 17.6 Å². The zero-order chi connectivity index (χ0) is 26.2. The molecule has 188 valence electrons. The molecule has 0 bridgehead atoms. The average molecular weight is 502 g/mol. The lowest BCUT2D eigenvalue weighted by atomic mass is 10.0. The molecule has 3 aromatic rings. The molecule has 1 aliphatic rings. The normalized spacial score (nSPS) is 14.3. The highest BCUT2D eigenvalue weighted by molar-refractivity contribution is 5.96. The fourth-order valence-corrected chi connectivity index (χ4v) is 4.00. The van der Waals surface area contributed by atoms with Crippen LogP contribution in [0.15, 0.2) is 63.4 Å². The van der Waals surface area contributed by atoms with Crippen molar-refractivity contribution in [3.63, 3.8) is 0 Å². The van der Waals surface area contributed by atoms with Gasteiger partial charge in [0.25, 0.3) is 5.56 Å². The summed E-state index contributed by atoms with van der Waals surface area (Å²) >= 11 is 0. The molecule has 0 saturated carbocycles. The first-order chi connectivity index (χ1) is 17.0. The number of nitrogens with two attached hydrogens (primary N) is 1. The number of carbonyl (C=O) groups is 1. The topological polar surface area (TPSA) is 135 Å². The van der Waals surface area contributed by atoms with Gasteiger partial charge in [0.15, 0.2) is 5.84 Å². The molecule has 0 atom stereocenters. The van der Waals surface area contributed by atoms with E-state index in [-0.39, 0.29) is 28.4 Å². The number of nitrogens with zero attached hydrogens (tertiary/aromatic N) is 4. The van der Waals surface area contributed by atoms with E-state index in [2.05, 4.69) is 10.5 Å². The molecule has 1 saturated heterocycles. The summed E-state index contributed by atoms with van der Waals surface area (Å²) in [5, 5.41) is 14.6. The van der Waals surface area contributed by atoms with Crippen LogP contribution in [0.25, 0.3) is 5.69 Å². The molecule has 2 aromatic carbocycles. The quantitative estimate of drug-likeness (QED) is 0.212. The number of urea groups is 1. The minimum atomic E-state index is -4.62. The van der Waals surface area contributed by atoms with Crippen LogP contribution in [0.5, 0.6) is 0 Å². The highest BCUT2D eigenvalue weighted by Crippen LogP contribution is 2.33. The van der Waals surface area contributed by atoms with Gasteiger partial charge in [0, 0.05) is 25.0 Å². The summed E-state index contributed by atoms with van der Waals surface area (Å²) in [6.45, 7) is 1.73. The summed E-state index contributed by atoms with van der Waals surface area (Å²) in [6, 6.07) is 9.48. The zero-order valence-corrected chi connectivity index (χ0v) is 18.9. The van der Waals surface area contributed by atoms with Crippen LogP contribution in [0, 0.1) is 6.92 Å². The summed E-state index contributed by atoms with van der Waals surface area (Å²) in [6.07, 6.45) is -3.53. The van der Waals surface area contributed by atoms with Crippen molar-refractivity contribution in [3.05, 3.63) is 91.8 Å². The lowest BCUT2D eigenvalue weighted by Crippen LogP contribution is -2.43. The van der Waals surface area contributed by atoms with Gasteiger partial charge in [0.2, 0.25) is 0 Å². The van der Waals surface area contributed by atoms with Gasteiger partial charge in [-0.25, -0.2) is 9.59 Å². The fraction of sp³-hybridized carbons (Fsp3) is 0.217. The van der Waals surface area contributed by atoms with Crippen molar-refractivity contribution < 1.29 is 23.2 Å².